The molecule has 1 unspecified atom stereocenters. The lowest BCUT2D eigenvalue weighted by atomic mass is 10.0. The molecule has 1 aromatic carbocycles. The van der Waals surface area contributed by atoms with Gasteiger partial charge in [0.25, 0.3) is 0 Å². The maximum Gasteiger partial charge on any atom is 0.178 e. The highest BCUT2D eigenvalue weighted by atomic mass is 32.2. The van der Waals surface area contributed by atoms with E-state index in [0.29, 0.717) is 17.2 Å². The largest absolute Gasteiger partial charge is 0.224 e. The van der Waals surface area contributed by atoms with Gasteiger partial charge in [-0.1, -0.05) is 32.1 Å². The van der Waals surface area contributed by atoms with Gasteiger partial charge in [-0.3, -0.25) is 0 Å². The number of rotatable bonds is 6. The predicted molar refractivity (Wildman–Crippen MR) is 71.9 cm³/mol. The topological polar surface area (TPSA) is 34.1 Å². The van der Waals surface area contributed by atoms with Crippen molar-refractivity contribution in [2.24, 2.45) is 5.92 Å². The zero-order chi connectivity index (χ0) is 12.9. The Morgan fingerprint density at radius 1 is 1.29 bits per heavy atom. The van der Waals surface area contributed by atoms with E-state index in [-0.39, 0.29) is 5.75 Å². The summed E-state index contributed by atoms with van der Waals surface area (Å²) in [5.41, 5.74) is 1.15. The summed E-state index contributed by atoms with van der Waals surface area (Å²) >= 11 is 0. The van der Waals surface area contributed by atoms with Gasteiger partial charge in [0.15, 0.2) is 9.84 Å². The first kappa shape index (κ1) is 14.0. The average molecular weight is 252 g/mol. The first-order valence-electron chi connectivity index (χ1n) is 5.94. The molecule has 0 aromatic heterocycles. The zero-order valence-corrected chi connectivity index (χ0v) is 11.3. The molecule has 0 heterocycles. The number of allylic oxidation sites excluding steroid dienone is 1. The molecule has 0 radical (unpaired) electrons. The Morgan fingerprint density at radius 3 is 2.35 bits per heavy atom. The normalized spacial score (nSPS) is 13.3. The zero-order valence-electron chi connectivity index (χ0n) is 10.5. The molecule has 17 heavy (non-hydrogen) atoms. The van der Waals surface area contributed by atoms with Gasteiger partial charge in [-0.15, -0.1) is 6.58 Å². The van der Waals surface area contributed by atoms with Gasteiger partial charge in [-0.05, 0) is 36.5 Å². The quantitative estimate of drug-likeness (QED) is 0.728. The molecule has 0 saturated heterocycles. The summed E-state index contributed by atoms with van der Waals surface area (Å²) in [6, 6.07) is 7.19. The minimum Gasteiger partial charge on any atom is -0.224 e. The molecule has 0 aliphatic heterocycles. The van der Waals surface area contributed by atoms with E-state index >= 15 is 0 Å². The Hall–Kier alpha value is -1.09. The van der Waals surface area contributed by atoms with Crippen molar-refractivity contribution in [3.63, 3.8) is 0 Å². The molecular weight excluding hydrogens is 232 g/mol. The summed E-state index contributed by atoms with van der Waals surface area (Å²) in [5, 5.41) is 0. The lowest BCUT2D eigenvalue weighted by Gasteiger charge is -2.07. The maximum absolute atomic E-state index is 11.8. The number of sulfone groups is 1. The van der Waals surface area contributed by atoms with Crippen LogP contribution in [0.2, 0.25) is 0 Å². The molecule has 0 fully saturated rings. The van der Waals surface area contributed by atoms with Crippen molar-refractivity contribution in [2.75, 3.05) is 5.75 Å². The van der Waals surface area contributed by atoms with Gasteiger partial charge in [0.2, 0.25) is 0 Å². The van der Waals surface area contributed by atoms with Gasteiger partial charge in [0, 0.05) is 0 Å². The minimum atomic E-state index is -3.08. The van der Waals surface area contributed by atoms with Gasteiger partial charge in [0.05, 0.1) is 10.6 Å². The Balaban J connectivity index is 2.85. The maximum atomic E-state index is 11.8. The van der Waals surface area contributed by atoms with Gasteiger partial charge in [-0.2, -0.15) is 0 Å². The highest BCUT2D eigenvalue weighted by Gasteiger charge is 2.12. The van der Waals surface area contributed by atoms with E-state index in [0.717, 1.165) is 12.0 Å². The van der Waals surface area contributed by atoms with Crippen LogP contribution in [0.15, 0.2) is 41.8 Å². The lowest BCUT2D eigenvalue weighted by Crippen LogP contribution is -2.06. The van der Waals surface area contributed by atoms with Gasteiger partial charge < -0.3 is 0 Å². The standard InChI is InChI=1S/C14H20O2S/c1-4-10-17(15,16)14-8-6-13(7-9-14)11-12(3)5-2/h5-9,12H,2,4,10-11H2,1,3H3. The predicted octanol–water partition coefficient (Wildman–Crippen LogP) is 3.23. The first-order chi connectivity index (χ1) is 7.99. The van der Waals surface area contributed by atoms with Crippen LogP contribution in [0.25, 0.3) is 0 Å². The van der Waals surface area contributed by atoms with E-state index in [1.807, 2.05) is 25.1 Å². The highest BCUT2D eigenvalue weighted by Crippen LogP contribution is 2.15. The van der Waals surface area contributed by atoms with Crippen molar-refractivity contribution >= 4 is 9.84 Å². The van der Waals surface area contributed by atoms with Crippen LogP contribution in [-0.2, 0) is 16.3 Å². The smallest absolute Gasteiger partial charge is 0.178 e. The molecule has 2 nitrogen and oxygen atoms in total. The van der Waals surface area contributed by atoms with Crippen molar-refractivity contribution in [3.8, 4) is 0 Å². The molecule has 1 atom stereocenters. The molecular formula is C14H20O2S. The molecule has 0 amide bonds. The Labute approximate surface area is 104 Å². The molecule has 0 aliphatic carbocycles. The lowest BCUT2D eigenvalue weighted by molar-refractivity contribution is 0.594. The fourth-order valence-electron chi connectivity index (χ4n) is 1.67. The molecule has 1 rings (SSSR count). The summed E-state index contributed by atoms with van der Waals surface area (Å²) in [7, 11) is -3.08. The van der Waals surface area contributed by atoms with Crippen LogP contribution >= 0.6 is 0 Å². The summed E-state index contributed by atoms with van der Waals surface area (Å²) < 4.78 is 23.6. The Morgan fingerprint density at radius 2 is 1.88 bits per heavy atom. The van der Waals surface area contributed by atoms with Gasteiger partial charge in [-0.25, -0.2) is 8.42 Å². The average Bonchev–Trinajstić information content (AvgIpc) is 2.29. The van der Waals surface area contributed by atoms with Crippen LogP contribution in [0.4, 0.5) is 0 Å². The van der Waals surface area contributed by atoms with E-state index in [1.165, 1.54) is 0 Å². The van der Waals surface area contributed by atoms with Crippen LogP contribution < -0.4 is 0 Å². The van der Waals surface area contributed by atoms with Gasteiger partial charge in [0.1, 0.15) is 0 Å². The van der Waals surface area contributed by atoms with Gasteiger partial charge >= 0.3 is 0 Å². The number of hydrogen-bond acceptors (Lipinski definition) is 2. The fourth-order valence-corrected chi connectivity index (χ4v) is 3.00. The van der Waals surface area contributed by atoms with Crippen LogP contribution in [0.1, 0.15) is 25.8 Å². The van der Waals surface area contributed by atoms with E-state index in [1.54, 1.807) is 12.1 Å². The fraction of sp³-hybridized carbons (Fsp3) is 0.429. The second kappa shape index (κ2) is 6.01. The van der Waals surface area contributed by atoms with E-state index in [9.17, 15) is 8.42 Å². The highest BCUT2D eigenvalue weighted by molar-refractivity contribution is 7.91. The summed E-state index contributed by atoms with van der Waals surface area (Å²) in [4.78, 5) is 0.425. The molecule has 0 saturated carbocycles. The second-order valence-corrected chi connectivity index (χ2v) is 6.49. The minimum absolute atomic E-state index is 0.218. The third-order valence-corrected chi connectivity index (χ3v) is 4.65. The van der Waals surface area contributed by atoms with Crippen molar-refractivity contribution in [1.29, 1.82) is 0 Å². The van der Waals surface area contributed by atoms with E-state index < -0.39 is 9.84 Å². The van der Waals surface area contributed by atoms with Crippen molar-refractivity contribution in [1.82, 2.24) is 0 Å². The third kappa shape index (κ3) is 4.00. The second-order valence-electron chi connectivity index (χ2n) is 4.38. The van der Waals surface area contributed by atoms with Crippen molar-refractivity contribution in [2.45, 2.75) is 31.6 Å². The summed E-state index contributed by atoms with van der Waals surface area (Å²) in [6.07, 6.45) is 3.46. The molecule has 0 aliphatic rings. The summed E-state index contributed by atoms with van der Waals surface area (Å²) in [6.45, 7) is 7.71. The monoisotopic (exact) mass is 252 g/mol. The molecule has 0 N–H and O–H groups in total. The molecule has 94 valence electrons. The molecule has 0 bridgehead atoms. The van der Waals surface area contributed by atoms with E-state index in [2.05, 4.69) is 13.5 Å². The van der Waals surface area contributed by atoms with Crippen LogP contribution in [0.3, 0.4) is 0 Å². The SMILES string of the molecule is C=CC(C)Cc1ccc(S(=O)(=O)CCC)cc1. The number of benzene rings is 1. The molecule has 1 aromatic rings. The summed E-state index contributed by atoms with van der Waals surface area (Å²) in [5.74, 6) is 0.628. The molecule has 0 spiro atoms. The Bertz CT molecular complexity index is 458. The van der Waals surface area contributed by atoms with Crippen LogP contribution in [-0.4, -0.2) is 14.2 Å². The molecule has 3 heteroatoms. The third-order valence-electron chi connectivity index (χ3n) is 2.72. The van der Waals surface area contributed by atoms with Crippen LogP contribution in [0, 0.1) is 5.92 Å². The van der Waals surface area contributed by atoms with E-state index in [4.69, 9.17) is 0 Å². The Kier molecular flexibility index (Phi) is 4.94. The van der Waals surface area contributed by atoms with Crippen molar-refractivity contribution in [3.05, 3.63) is 42.5 Å². The number of hydrogen-bond donors (Lipinski definition) is 0. The first-order valence-corrected chi connectivity index (χ1v) is 7.59. The van der Waals surface area contributed by atoms with Crippen molar-refractivity contribution < 1.29 is 8.42 Å². The van der Waals surface area contributed by atoms with Crippen LogP contribution in [0.5, 0.6) is 0 Å².